The van der Waals surface area contributed by atoms with Gasteiger partial charge in [-0.2, -0.15) is 5.26 Å². The number of hydrogen-bond donors (Lipinski definition) is 1. The number of amides is 1. The van der Waals surface area contributed by atoms with Crippen molar-refractivity contribution in [2.45, 2.75) is 6.92 Å². The predicted molar refractivity (Wildman–Crippen MR) is 73.6 cm³/mol. The summed E-state index contributed by atoms with van der Waals surface area (Å²) in [5, 5.41) is 11.7. The van der Waals surface area contributed by atoms with Crippen molar-refractivity contribution in [2.24, 2.45) is 0 Å². The van der Waals surface area contributed by atoms with Gasteiger partial charge in [0.05, 0.1) is 11.1 Å². The molecule has 2 rings (SSSR count). The number of carbonyl (C=O) groups is 1. The highest BCUT2D eigenvalue weighted by atomic mass is 79.9. The van der Waals surface area contributed by atoms with Gasteiger partial charge in [-0.05, 0) is 40.5 Å². The van der Waals surface area contributed by atoms with E-state index in [4.69, 9.17) is 5.26 Å². The van der Waals surface area contributed by atoms with Crippen LogP contribution in [0.4, 0.5) is 5.82 Å². The molecule has 0 spiro atoms. The molecule has 6 heteroatoms. The zero-order valence-corrected chi connectivity index (χ0v) is 11.6. The van der Waals surface area contributed by atoms with Crippen LogP contribution in [-0.2, 0) is 0 Å². The van der Waals surface area contributed by atoms with E-state index in [1.54, 1.807) is 31.5 Å². The van der Waals surface area contributed by atoms with Gasteiger partial charge in [0.1, 0.15) is 6.07 Å². The van der Waals surface area contributed by atoms with Gasteiger partial charge in [-0.25, -0.2) is 4.98 Å². The molecule has 0 aromatic carbocycles. The molecular formula is C13H9BrN4O. The lowest BCUT2D eigenvalue weighted by atomic mass is 10.1. The molecule has 2 aromatic heterocycles. The molecule has 0 aliphatic carbocycles. The topological polar surface area (TPSA) is 78.7 Å². The van der Waals surface area contributed by atoms with Gasteiger partial charge in [0.15, 0.2) is 5.82 Å². The number of nitrogens with zero attached hydrogens (tertiary/aromatic N) is 3. The fourth-order valence-electron chi connectivity index (χ4n) is 1.51. The average molecular weight is 317 g/mol. The standard InChI is InChI=1S/C13H9BrN4O/c1-8-2-3-17-12(11(8)5-15)18-13(19)9-4-10(14)7-16-6-9/h2-4,6-7H,1H3,(H,17,18,19). The van der Waals surface area contributed by atoms with Crippen LogP contribution in [0.3, 0.4) is 0 Å². The van der Waals surface area contributed by atoms with Crippen molar-refractivity contribution in [1.29, 1.82) is 5.26 Å². The Morgan fingerprint density at radius 1 is 1.47 bits per heavy atom. The number of nitriles is 1. The molecule has 0 bridgehead atoms. The number of hydrogen-bond acceptors (Lipinski definition) is 4. The number of aryl methyl sites for hydroxylation is 1. The van der Waals surface area contributed by atoms with E-state index in [1.165, 1.54) is 6.20 Å². The van der Waals surface area contributed by atoms with Crippen molar-refractivity contribution in [3.05, 3.63) is 51.9 Å². The lowest BCUT2D eigenvalue weighted by Crippen LogP contribution is -2.14. The second-order valence-electron chi connectivity index (χ2n) is 3.81. The van der Waals surface area contributed by atoms with E-state index < -0.39 is 0 Å². The van der Waals surface area contributed by atoms with Gasteiger partial charge < -0.3 is 5.32 Å². The molecule has 2 aromatic rings. The molecular weight excluding hydrogens is 308 g/mol. The summed E-state index contributed by atoms with van der Waals surface area (Å²) >= 11 is 3.25. The summed E-state index contributed by atoms with van der Waals surface area (Å²) in [5.74, 6) is -0.101. The fourth-order valence-corrected chi connectivity index (χ4v) is 1.87. The molecule has 1 N–H and O–H groups in total. The smallest absolute Gasteiger partial charge is 0.258 e. The second kappa shape index (κ2) is 5.59. The van der Waals surface area contributed by atoms with Crippen LogP contribution in [0.5, 0.6) is 0 Å². The molecule has 94 valence electrons. The van der Waals surface area contributed by atoms with Gasteiger partial charge in [0, 0.05) is 23.1 Å². The summed E-state index contributed by atoms with van der Waals surface area (Å²) in [6.07, 6.45) is 4.58. The number of aromatic nitrogens is 2. The molecule has 0 fully saturated rings. The van der Waals surface area contributed by atoms with Crippen LogP contribution >= 0.6 is 15.9 Å². The maximum absolute atomic E-state index is 12.0. The van der Waals surface area contributed by atoms with Crippen molar-refractivity contribution in [3.8, 4) is 6.07 Å². The molecule has 5 nitrogen and oxygen atoms in total. The summed E-state index contributed by atoms with van der Waals surface area (Å²) in [6, 6.07) is 5.39. The molecule has 1 amide bonds. The van der Waals surface area contributed by atoms with Crippen LogP contribution in [0.15, 0.2) is 35.2 Å². The molecule has 0 aliphatic rings. The van der Waals surface area contributed by atoms with Crippen LogP contribution in [0.1, 0.15) is 21.5 Å². The number of pyridine rings is 2. The number of nitrogens with one attached hydrogen (secondary N) is 1. The van der Waals surface area contributed by atoms with Crippen molar-refractivity contribution in [3.63, 3.8) is 0 Å². The van der Waals surface area contributed by atoms with Crippen LogP contribution in [0.25, 0.3) is 0 Å². The van der Waals surface area contributed by atoms with E-state index in [1.807, 2.05) is 6.07 Å². The summed E-state index contributed by atoms with van der Waals surface area (Å²) in [6.45, 7) is 1.79. The second-order valence-corrected chi connectivity index (χ2v) is 4.72. The lowest BCUT2D eigenvalue weighted by molar-refractivity contribution is 0.102. The minimum Gasteiger partial charge on any atom is -0.305 e. The molecule has 0 saturated heterocycles. The van der Waals surface area contributed by atoms with Gasteiger partial charge in [-0.3, -0.25) is 9.78 Å². The summed E-state index contributed by atoms with van der Waals surface area (Å²) in [7, 11) is 0. The van der Waals surface area contributed by atoms with E-state index in [0.29, 0.717) is 15.6 Å². The zero-order valence-electron chi connectivity index (χ0n) is 10.0. The van der Waals surface area contributed by atoms with E-state index in [9.17, 15) is 4.79 Å². The highest BCUT2D eigenvalue weighted by Gasteiger charge is 2.12. The van der Waals surface area contributed by atoms with E-state index in [0.717, 1.165) is 5.56 Å². The van der Waals surface area contributed by atoms with Crippen LogP contribution < -0.4 is 5.32 Å². The van der Waals surface area contributed by atoms with Gasteiger partial charge in [0.25, 0.3) is 5.91 Å². The van der Waals surface area contributed by atoms with E-state index in [2.05, 4.69) is 31.2 Å². The zero-order chi connectivity index (χ0) is 13.8. The van der Waals surface area contributed by atoms with Gasteiger partial charge >= 0.3 is 0 Å². The third kappa shape index (κ3) is 2.95. The van der Waals surface area contributed by atoms with Crippen LogP contribution in [-0.4, -0.2) is 15.9 Å². The Hall–Kier alpha value is -2.26. The minimum atomic E-state index is -0.358. The molecule has 2 heterocycles. The molecule has 0 radical (unpaired) electrons. The first kappa shape index (κ1) is 13.2. The maximum atomic E-state index is 12.0. The fraction of sp³-hybridized carbons (Fsp3) is 0.0769. The van der Waals surface area contributed by atoms with Crippen molar-refractivity contribution < 1.29 is 4.79 Å². The van der Waals surface area contributed by atoms with E-state index in [-0.39, 0.29) is 11.7 Å². The van der Waals surface area contributed by atoms with Gasteiger partial charge in [-0.15, -0.1) is 0 Å². The molecule has 0 atom stereocenters. The summed E-state index contributed by atoms with van der Waals surface area (Å²) in [4.78, 5) is 20.0. The Morgan fingerprint density at radius 3 is 2.95 bits per heavy atom. The quantitative estimate of drug-likeness (QED) is 0.923. The molecule has 0 aliphatic heterocycles. The largest absolute Gasteiger partial charge is 0.305 e. The Balaban J connectivity index is 2.30. The monoisotopic (exact) mass is 316 g/mol. The average Bonchev–Trinajstić information content (AvgIpc) is 2.39. The Labute approximate surface area is 118 Å². The van der Waals surface area contributed by atoms with E-state index >= 15 is 0 Å². The number of carbonyl (C=O) groups excluding carboxylic acids is 1. The third-order valence-corrected chi connectivity index (χ3v) is 2.90. The van der Waals surface area contributed by atoms with Crippen LogP contribution in [0.2, 0.25) is 0 Å². The number of anilines is 1. The van der Waals surface area contributed by atoms with Crippen molar-refractivity contribution in [1.82, 2.24) is 9.97 Å². The first-order valence-corrected chi connectivity index (χ1v) is 6.18. The number of rotatable bonds is 2. The molecule has 0 unspecified atom stereocenters. The third-order valence-electron chi connectivity index (χ3n) is 2.47. The SMILES string of the molecule is Cc1ccnc(NC(=O)c2cncc(Br)c2)c1C#N. The predicted octanol–water partition coefficient (Wildman–Crippen LogP) is 2.67. The maximum Gasteiger partial charge on any atom is 0.258 e. The van der Waals surface area contributed by atoms with Gasteiger partial charge in [-0.1, -0.05) is 0 Å². The first-order chi connectivity index (χ1) is 9.11. The molecule has 19 heavy (non-hydrogen) atoms. The highest BCUT2D eigenvalue weighted by Crippen LogP contribution is 2.17. The summed E-state index contributed by atoms with van der Waals surface area (Å²) in [5.41, 5.74) is 1.51. The minimum absolute atomic E-state index is 0.257. The normalized spacial score (nSPS) is 9.74. The number of halogens is 1. The highest BCUT2D eigenvalue weighted by molar-refractivity contribution is 9.10. The Bertz CT molecular complexity index is 679. The molecule has 0 saturated carbocycles. The summed E-state index contributed by atoms with van der Waals surface area (Å²) < 4.78 is 0.706. The van der Waals surface area contributed by atoms with Crippen LogP contribution in [0, 0.1) is 18.3 Å². The Morgan fingerprint density at radius 2 is 2.26 bits per heavy atom. The first-order valence-electron chi connectivity index (χ1n) is 5.39. The Kier molecular flexibility index (Phi) is 3.88. The lowest BCUT2D eigenvalue weighted by Gasteiger charge is -2.07. The van der Waals surface area contributed by atoms with Gasteiger partial charge in [0.2, 0.25) is 0 Å². The van der Waals surface area contributed by atoms with Crippen molar-refractivity contribution in [2.75, 3.05) is 5.32 Å². The van der Waals surface area contributed by atoms with Crippen molar-refractivity contribution >= 4 is 27.7 Å².